The molecule has 0 aliphatic rings. The summed E-state index contributed by atoms with van der Waals surface area (Å²) >= 11 is 0. The van der Waals surface area contributed by atoms with E-state index in [0.29, 0.717) is 5.56 Å². The fraction of sp³-hybridized carbons (Fsp3) is 0. The number of rotatable bonds is 0. The van der Waals surface area contributed by atoms with Crippen LogP contribution in [0.2, 0.25) is 0 Å². The lowest BCUT2D eigenvalue weighted by Crippen LogP contribution is -1.82. The maximum atomic E-state index is 8.58. The van der Waals surface area contributed by atoms with Gasteiger partial charge in [0, 0.05) is 12.4 Å². The first-order valence-electron chi connectivity index (χ1n) is 2.80. The molecule has 0 aliphatic heterocycles. The lowest BCUT2D eigenvalue weighted by molar-refractivity contribution is -0.106. The van der Waals surface area contributed by atoms with Crippen LogP contribution in [0.3, 0.4) is 0 Å². The van der Waals surface area contributed by atoms with Crippen molar-refractivity contribution in [3.63, 3.8) is 0 Å². The van der Waals surface area contributed by atoms with Crippen molar-refractivity contribution in [1.82, 2.24) is 4.98 Å². The molecular formula is C7H7N3O. The number of primary amides is 1. The van der Waals surface area contributed by atoms with Gasteiger partial charge in [-0.1, -0.05) is 0 Å². The minimum atomic E-state index is 0.250. The number of hydrogen-bond acceptors (Lipinski definition) is 3. The van der Waals surface area contributed by atoms with E-state index in [9.17, 15) is 0 Å². The van der Waals surface area contributed by atoms with Crippen molar-refractivity contribution >= 4 is 6.41 Å². The minimum absolute atomic E-state index is 0.250. The first kappa shape index (κ1) is 9.11. The Labute approximate surface area is 64.3 Å². The lowest BCUT2D eigenvalue weighted by Gasteiger charge is -1.79. The van der Waals surface area contributed by atoms with Crippen LogP contribution in [0.1, 0.15) is 5.56 Å². The summed E-state index contributed by atoms with van der Waals surface area (Å²) in [4.78, 5) is 12.3. The maximum Gasteiger partial charge on any atom is 0.204 e. The third-order valence-corrected chi connectivity index (χ3v) is 0.791. The van der Waals surface area contributed by atoms with Crippen molar-refractivity contribution < 1.29 is 4.79 Å². The van der Waals surface area contributed by atoms with Crippen molar-refractivity contribution in [2.45, 2.75) is 0 Å². The molecule has 11 heavy (non-hydrogen) atoms. The monoisotopic (exact) mass is 149 g/mol. The van der Waals surface area contributed by atoms with E-state index in [4.69, 9.17) is 10.1 Å². The number of nitrogens with two attached hydrogens (primary N) is 1. The summed E-state index contributed by atoms with van der Waals surface area (Å²) in [6.07, 6.45) is 3.42. The zero-order chi connectivity index (χ0) is 8.53. The SMILES string of the molecule is N#Cc1cccnc1.NC=O. The van der Waals surface area contributed by atoms with Gasteiger partial charge in [0.2, 0.25) is 6.41 Å². The first-order chi connectivity index (χ1) is 5.35. The van der Waals surface area contributed by atoms with Gasteiger partial charge in [-0.25, -0.2) is 0 Å². The van der Waals surface area contributed by atoms with E-state index < -0.39 is 0 Å². The van der Waals surface area contributed by atoms with E-state index in [1.54, 1.807) is 18.3 Å². The van der Waals surface area contributed by atoms with E-state index in [2.05, 4.69) is 10.7 Å². The molecule has 56 valence electrons. The Bertz CT molecular complexity index is 240. The Balaban J connectivity index is 0.000000292. The van der Waals surface area contributed by atoms with Crippen LogP contribution in [0.15, 0.2) is 24.5 Å². The predicted molar refractivity (Wildman–Crippen MR) is 39.2 cm³/mol. The van der Waals surface area contributed by atoms with Crippen LogP contribution in [0.4, 0.5) is 0 Å². The lowest BCUT2D eigenvalue weighted by atomic mass is 10.3. The van der Waals surface area contributed by atoms with Gasteiger partial charge < -0.3 is 5.73 Å². The third kappa shape index (κ3) is 4.60. The maximum absolute atomic E-state index is 8.58. The molecule has 0 radical (unpaired) electrons. The van der Waals surface area contributed by atoms with Crippen LogP contribution in [0.5, 0.6) is 0 Å². The van der Waals surface area contributed by atoms with Crippen LogP contribution in [-0.4, -0.2) is 11.4 Å². The summed E-state index contributed by atoms with van der Waals surface area (Å²) in [5, 5.41) is 8.25. The summed E-state index contributed by atoms with van der Waals surface area (Å²) in [5.74, 6) is 0. The molecule has 1 amide bonds. The van der Waals surface area contributed by atoms with Gasteiger partial charge in [-0.05, 0) is 12.1 Å². The highest BCUT2D eigenvalue weighted by Crippen LogP contribution is 1.89. The van der Waals surface area contributed by atoms with Crippen LogP contribution in [-0.2, 0) is 4.79 Å². The second-order valence-corrected chi connectivity index (χ2v) is 1.49. The number of hydrogen-bond donors (Lipinski definition) is 1. The van der Waals surface area contributed by atoms with Crippen molar-refractivity contribution in [3.05, 3.63) is 30.1 Å². The second kappa shape index (κ2) is 6.23. The first-order valence-corrected chi connectivity index (χ1v) is 2.80. The molecule has 0 atom stereocenters. The van der Waals surface area contributed by atoms with Crippen LogP contribution in [0.25, 0.3) is 0 Å². The van der Waals surface area contributed by atoms with Crippen molar-refractivity contribution in [3.8, 4) is 6.07 Å². The molecule has 0 aliphatic carbocycles. The summed E-state index contributed by atoms with van der Waals surface area (Å²) in [5.41, 5.74) is 4.77. The molecule has 1 aromatic heterocycles. The molecule has 0 saturated carbocycles. The van der Waals surface area contributed by atoms with E-state index >= 15 is 0 Å². The zero-order valence-corrected chi connectivity index (χ0v) is 5.77. The van der Waals surface area contributed by atoms with Gasteiger partial charge in [0.1, 0.15) is 6.07 Å². The van der Waals surface area contributed by atoms with Crippen LogP contribution >= 0.6 is 0 Å². The Morgan fingerprint density at radius 1 is 1.73 bits per heavy atom. The van der Waals surface area contributed by atoms with Gasteiger partial charge >= 0.3 is 0 Å². The molecular weight excluding hydrogens is 142 g/mol. The van der Waals surface area contributed by atoms with E-state index in [0.717, 1.165) is 0 Å². The Hall–Kier alpha value is -1.89. The van der Waals surface area contributed by atoms with E-state index in [-0.39, 0.29) is 6.41 Å². The highest BCUT2D eigenvalue weighted by atomic mass is 16.1. The summed E-state index contributed by atoms with van der Waals surface area (Å²) in [7, 11) is 0. The molecule has 2 N–H and O–H groups in total. The molecule has 0 spiro atoms. The minimum Gasteiger partial charge on any atom is -0.372 e. The van der Waals surface area contributed by atoms with Crippen LogP contribution in [0, 0.1) is 11.3 Å². The molecule has 0 unspecified atom stereocenters. The summed E-state index contributed by atoms with van der Waals surface area (Å²) in [6.45, 7) is 0. The van der Waals surface area contributed by atoms with E-state index in [1.807, 2.05) is 6.07 Å². The molecule has 0 aromatic carbocycles. The molecule has 4 heteroatoms. The number of carbonyl (C=O) groups is 1. The average Bonchev–Trinajstić information content (AvgIpc) is 2.08. The molecule has 4 nitrogen and oxygen atoms in total. The Morgan fingerprint density at radius 3 is 2.64 bits per heavy atom. The van der Waals surface area contributed by atoms with Crippen molar-refractivity contribution in [2.24, 2.45) is 5.73 Å². The van der Waals surface area contributed by atoms with Crippen molar-refractivity contribution in [1.29, 1.82) is 5.26 Å². The van der Waals surface area contributed by atoms with Gasteiger partial charge in [0.25, 0.3) is 0 Å². The Morgan fingerprint density at radius 2 is 2.36 bits per heavy atom. The topological polar surface area (TPSA) is 79.8 Å². The van der Waals surface area contributed by atoms with Gasteiger partial charge in [-0.2, -0.15) is 5.26 Å². The van der Waals surface area contributed by atoms with Crippen molar-refractivity contribution in [2.75, 3.05) is 0 Å². The highest BCUT2D eigenvalue weighted by molar-refractivity contribution is 5.42. The molecule has 1 aromatic rings. The molecule has 0 fully saturated rings. The number of carbonyl (C=O) groups excluding carboxylic acids is 1. The predicted octanol–water partition coefficient (Wildman–Crippen LogP) is 0.0548. The molecule has 1 heterocycles. The summed E-state index contributed by atoms with van der Waals surface area (Å²) in [6, 6.07) is 5.41. The zero-order valence-electron chi connectivity index (χ0n) is 5.77. The smallest absolute Gasteiger partial charge is 0.204 e. The second-order valence-electron chi connectivity index (χ2n) is 1.49. The number of pyridine rings is 1. The number of nitrogens with zero attached hydrogens (tertiary/aromatic N) is 2. The van der Waals surface area contributed by atoms with Crippen LogP contribution < -0.4 is 5.73 Å². The average molecular weight is 149 g/mol. The fourth-order valence-corrected chi connectivity index (χ4v) is 0.429. The van der Waals surface area contributed by atoms with Gasteiger partial charge in [-0.3, -0.25) is 9.78 Å². The molecule has 0 saturated heterocycles. The number of amides is 1. The van der Waals surface area contributed by atoms with Gasteiger partial charge in [0.05, 0.1) is 5.56 Å². The molecule has 1 rings (SSSR count). The third-order valence-electron chi connectivity index (χ3n) is 0.791. The number of nitriles is 1. The number of aromatic nitrogens is 1. The van der Waals surface area contributed by atoms with Gasteiger partial charge in [0.15, 0.2) is 0 Å². The molecule has 0 bridgehead atoms. The summed E-state index contributed by atoms with van der Waals surface area (Å²) < 4.78 is 0. The fourth-order valence-electron chi connectivity index (χ4n) is 0.429. The normalized spacial score (nSPS) is 6.82. The Kier molecular flexibility index (Phi) is 5.16. The largest absolute Gasteiger partial charge is 0.372 e. The highest BCUT2D eigenvalue weighted by Gasteiger charge is 1.80. The standard InChI is InChI=1S/C6H4N2.CH3NO/c7-4-6-2-1-3-8-5-6;2-1-3/h1-3,5H;1H,(H2,2,3). The quantitative estimate of drug-likeness (QED) is 0.529. The van der Waals surface area contributed by atoms with Gasteiger partial charge in [-0.15, -0.1) is 0 Å². The van der Waals surface area contributed by atoms with E-state index in [1.165, 1.54) is 6.20 Å².